The number of hydrogen-bond donors (Lipinski definition) is 0. The van der Waals surface area contributed by atoms with Crippen molar-refractivity contribution in [1.29, 1.82) is 0 Å². The van der Waals surface area contributed by atoms with Crippen LogP contribution in [0.5, 0.6) is 0 Å². The van der Waals surface area contributed by atoms with Gasteiger partial charge in [-0.3, -0.25) is 14.3 Å². The van der Waals surface area contributed by atoms with Gasteiger partial charge in [-0.15, -0.1) is 0 Å². The van der Waals surface area contributed by atoms with E-state index in [-0.39, 0.29) is 11.8 Å². The molecule has 0 aromatic carbocycles. The number of hydrogen-bond acceptors (Lipinski definition) is 3. The zero-order valence-corrected chi connectivity index (χ0v) is 16.4. The van der Waals surface area contributed by atoms with Crippen LogP contribution in [0.2, 0.25) is 0 Å². The second kappa shape index (κ2) is 8.44. The summed E-state index contributed by atoms with van der Waals surface area (Å²) < 4.78 is 1.99. The first kappa shape index (κ1) is 18.5. The highest BCUT2D eigenvalue weighted by atomic mass is 16.2. The van der Waals surface area contributed by atoms with Gasteiger partial charge in [0.1, 0.15) is 0 Å². The van der Waals surface area contributed by atoms with E-state index in [9.17, 15) is 9.59 Å². The molecule has 1 saturated heterocycles. The fraction of sp³-hybridized carbons (Fsp3) is 0.762. The predicted molar refractivity (Wildman–Crippen MR) is 103 cm³/mol. The van der Waals surface area contributed by atoms with Crippen LogP contribution in [0.1, 0.15) is 74.0 Å². The van der Waals surface area contributed by atoms with Crippen molar-refractivity contribution < 1.29 is 9.59 Å². The number of carbonyl (C=O) groups is 2. The lowest BCUT2D eigenvalue weighted by Gasteiger charge is -2.34. The Morgan fingerprint density at radius 2 is 1.67 bits per heavy atom. The lowest BCUT2D eigenvalue weighted by Crippen LogP contribution is -2.50. The minimum atomic E-state index is 0.0196. The Bertz CT molecular complexity index is 646. The summed E-state index contributed by atoms with van der Waals surface area (Å²) in [6.07, 6.45) is 11.7. The van der Waals surface area contributed by atoms with Gasteiger partial charge in [-0.25, -0.2) is 0 Å². The third kappa shape index (κ3) is 4.36. The van der Waals surface area contributed by atoms with Crippen LogP contribution < -0.4 is 0 Å². The van der Waals surface area contributed by atoms with Gasteiger partial charge in [-0.05, 0) is 37.7 Å². The molecule has 2 aliphatic heterocycles. The maximum Gasteiger partial charge on any atom is 0.274 e. The Balaban J connectivity index is 1.25. The molecule has 0 unspecified atom stereocenters. The van der Waals surface area contributed by atoms with E-state index in [1.54, 1.807) is 0 Å². The smallest absolute Gasteiger partial charge is 0.274 e. The van der Waals surface area contributed by atoms with Crippen LogP contribution in [0.4, 0.5) is 0 Å². The molecule has 0 radical (unpaired) electrons. The summed E-state index contributed by atoms with van der Waals surface area (Å²) in [4.78, 5) is 29.1. The van der Waals surface area contributed by atoms with Gasteiger partial charge in [-0.2, -0.15) is 5.10 Å². The topological polar surface area (TPSA) is 58.4 Å². The number of aromatic nitrogens is 2. The quantitative estimate of drug-likeness (QED) is 0.817. The number of fused-ring (bicyclic) bond motifs is 1. The molecule has 3 aliphatic rings. The Morgan fingerprint density at radius 1 is 0.926 bits per heavy atom. The minimum absolute atomic E-state index is 0.0196. The summed E-state index contributed by atoms with van der Waals surface area (Å²) in [6, 6.07) is 1.96. The highest BCUT2D eigenvalue weighted by molar-refractivity contribution is 5.92. The average Bonchev–Trinajstić information content (AvgIpc) is 3.16. The third-order valence-electron chi connectivity index (χ3n) is 6.55. The molecule has 1 saturated carbocycles. The lowest BCUT2D eigenvalue weighted by molar-refractivity contribution is -0.133. The summed E-state index contributed by atoms with van der Waals surface area (Å²) in [6.45, 7) is 3.48. The molecule has 1 aliphatic carbocycles. The van der Waals surface area contributed by atoms with Crippen molar-refractivity contribution in [2.24, 2.45) is 5.92 Å². The van der Waals surface area contributed by atoms with Crippen molar-refractivity contribution in [1.82, 2.24) is 19.6 Å². The van der Waals surface area contributed by atoms with E-state index in [0.29, 0.717) is 38.3 Å². The molecular formula is C21H32N4O2. The fourth-order valence-corrected chi connectivity index (χ4v) is 4.80. The molecule has 3 heterocycles. The second-order valence-electron chi connectivity index (χ2n) is 8.42. The molecule has 148 valence electrons. The normalized spacial score (nSPS) is 21.2. The van der Waals surface area contributed by atoms with E-state index in [2.05, 4.69) is 5.10 Å². The molecule has 0 bridgehead atoms. The van der Waals surface area contributed by atoms with Crippen LogP contribution in [-0.4, -0.2) is 57.6 Å². The maximum absolute atomic E-state index is 12.8. The minimum Gasteiger partial charge on any atom is -0.339 e. The van der Waals surface area contributed by atoms with E-state index in [0.717, 1.165) is 31.7 Å². The van der Waals surface area contributed by atoms with Crippen LogP contribution >= 0.6 is 0 Å². The average molecular weight is 373 g/mol. The first-order chi connectivity index (χ1) is 13.2. The molecule has 2 fully saturated rings. The zero-order chi connectivity index (χ0) is 18.6. The van der Waals surface area contributed by atoms with Crippen LogP contribution in [0.15, 0.2) is 6.07 Å². The standard InChI is InChI=1S/C21H32N4O2/c26-20(10-9-17-6-2-1-3-7-17)23-12-14-24(15-13-23)21(27)19-16-18-8-4-5-11-25(18)22-19/h16-17H,1-15H2. The molecule has 27 heavy (non-hydrogen) atoms. The number of nitrogens with zero attached hydrogens (tertiary/aromatic N) is 4. The Morgan fingerprint density at radius 3 is 2.41 bits per heavy atom. The fourth-order valence-electron chi connectivity index (χ4n) is 4.80. The SMILES string of the molecule is O=C(CCC1CCCCC1)N1CCN(C(=O)c2cc3n(n2)CCCC3)CC1. The Labute approximate surface area is 161 Å². The molecule has 0 N–H and O–H groups in total. The van der Waals surface area contributed by atoms with Gasteiger partial charge >= 0.3 is 0 Å². The summed E-state index contributed by atoms with van der Waals surface area (Å²) in [5.74, 6) is 1.04. The van der Waals surface area contributed by atoms with Crippen LogP contribution in [0, 0.1) is 5.92 Å². The summed E-state index contributed by atoms with van der Waals surface area (Å²) in [5.41, 5.74) is 1.75. The Hall–Kier alpha value is -1.85. The van der Waals surface area contributed by atoms with E-state index >= 15 is 0 Å². The second-order valence-corrected chi connectivity index (χ2v) is 8.42. The van der Waals surface area contributed by atoms with E-state index in [4.69, 9.17) is 0 Å². The van der Waals surface area contributed by atoms with Crippen LogP contribution in [0.3, 0.4) is 0 Å². The zero-order valence-electron chi connectivity index (χ0n) is 16.4. The van der Waals surface area contributed by atoms with E-state index < -0.39 is 0 Å². The van der Waals surface area contributed by atoms with Crippen LogP contribution in [0.25, 0.3) is 0 Å². The van der Waals surface area contributed by atoms with Gasteiger partial charge in [0.15, 0.2) is 5.69 Å². The first-order valence-electron chi connectivity index (χ1n) is 10.8. The van der Waals surface area contributed by atoms with Crippen LogP contribution in [-0.2, 0) is 17.8 Å². The molecule has 2 amide bonds. The molecule has 0 spiro atoms. The van der Waals surface area contributed by atoms with Crippen molar-refractivity contribution in [3.8, 4) is 0 Å². The molecular weight excluding hydrogens is 340 g/mol. The van der Waals surface area contributed by atoms with Crippen molar-refractivity contribution in [3.63, 3.8) is 0 Å². The molecule has 4 rings (SSSR count). The lowest BCUT2D eigenvalue weighted by atomic mass is 9.86. The molecule has 1 aromatic heterocycles. The van der Waals surface area contributed by atoms with Gasteiger partial charge in [0.05, 0.1) is 0 Å². The molecule has 0 atom stereocenters. The summed E-state index contributed by atoms with van der Waals surface area (Å²) in [5, 5.41) is 4.51. The number of piperazine rings is 1. The molecule has 6 heteroatoms. The van der Waals surface area contributed by atoms with Gasteiger partial charge in [0.25, 0.3) is 5.91 Å². The van der Waals surface area contributed by atoms with E-state index in [1.165, 1.54) is 44.2 Å². The number of amides is 2. The predicted octanol–water partition coefficient (Wildman–Crippen LogP) is 2.86. The number of carbonyl (C=O) groups excluding carboxylic acids is 2. The van der Waals surface area contributed by atoms with Crippen molar-refractivity contribution in [3.05, 3.63) is 17.5 Å². The third-order valence-corrected chi connectivity index (χ3v) is 6.55. The van der Waals surface area contributed by atoms with Crippen molar-refractivity contribution >= 4 is 11.8 Å². The van der Waals surface area contributed by atoms with Gasteiger partial charge in [0.2, 0.25) is 5.91 Å². The van der Waals surface area contributed by atoms with Crippen molar-refractivity contribution in [2.75, 3.05) is 26.2 Å². The van der Waals surface area contributed by atoms with Gasteiger partial charge < -0.3 is 9.80 Å². The highest BCUT2D eigenvalue weighted by Gasteiger charge is 2.27. The van der Waals surface area contributed by atoms with Gasteiger partial charge in [0, 0.05) is 44.8 Å². The van der Waals surface area contributed by atoms with E-state index in [1.807, 2.05) is 20.5 Å². The number of rotatable bonds is 4. The number of aryl methyl sites for hydroxylation is 2. The summed E-state index contributed by atoms with van der Waals surface area (Å²) >= 11 is 0. The monoisotopic (exact) mass is 372 g/mol. The highest BCUT2D eigenvalue weighted by Crippen LogP contribution is 2.27. The molecule has 1 aromatic rings. The largest absolute Gasteiger partial charge is 0.339 e. The van der Waals surface area contributed by atoms with Crippen molar-refractivity contribution in [2.45, 2.75) is 70.8 Å². The summed E-state index contributed by atoms with van der Waals surface area (Å²) in [7, 11) is 0. The Kier molecular flexibility index (Phi) is 5.79. The first-order valence-corrected chi connectivity index (χ1v) is 10.8. The molecule has 6 nitrogen and oxygen atoms in total. The maximum atomic E-state index is 12.8. The van der Waals surface area contributed by atoms with Gasteiger partial charge in [-0.1, -0.05) is 32.1 Å².